The van der Waals surface area contributed by atoms with E-state index in [-0.39, 0.29) is 11.4 Å². The van der Waals surface area contributed by atoms with Crippen molar-refractivity contribution in [3.63, 3.8) is 0 Å². The fraction of sp³-hybridized carbons (Fsp3) is 0.421. The minimum Gasteiger partial charge on any atom is -0.378 e. The van der Waals surface area contributed by atoms with Crippen LogP contribution in [0.25, 0.3) is 5.69 Å². The number of hydrogen-bond donors (Lipinski definition) is 1. The fourth-order valence-corrected chi connectivity index (χ4v) is 3.06. The summed E-state index contributed by atoms with van der Waals surface area (Å²) in [6.45, 7) is 7.77. The van der Waals surface area contributed by atoms with E-state index in [1.54, 1.807) is 29.1 Å². The van der Waals surface area contributed by atoms with Gasteiger partial charge in [0.05, 0.1) is 18.9 Å². The van der Waals surface area contributed by atoms with Gasteiger partial charge in [0.15, 0.2) is 0 Å². The Kier molecular flexibility index (Phi) is 5.20. The Balaban J connectivity index is 1.57. The molecule has 2 aromatic rings. The molecule has 1 fully saturated rings. The molecule has 6 heteroatoms. The van der Waals surface area contributed by atoms with Crippen LogP contribution in [0.1, 0.15) is 24.2 Å². The van der Waals surface area contributed by atoms with Crippen molar-refractivity contribution in [2.24, 2.45) is 0 Å². The van der Waals surface area contributed by atoms with Gasteiger partial charge in [0, 0.05) is 43.1 Å². The highest BCUT2D eigenvalue weighted by Crippen LogP contribution is 2.18. The monoisotopic (exact) mass is 345 g/mol. The number of carbonyl (C=O) groups is 1. The zero-order valence-corrected chi connectivity index (χ0v) is 14.7. The first kappa shape index (κ1) is 17.6. The molecule has 3 rings (SSSR count). The summed E-state index contributed by atoms with van der Waals surface area (Å²) in [7, 11) is 0. The number of amides is 1. The molecule has 1 saturated heterocycles. The second-order valence-corrected chi connectivity index (χ2v) is 6.86. The van der Waals surface area contributed by atoms with Crippen molar-refractivity contribution in [2.75, 3.05) is 32.8 Å². The van der Waals surface area contributed by atoms with E-state index in [0.717, 1.165) is 13.1 Å². The lowest BCUT2D eigenvalue weighted by molar-refractivity contribution is -0.0498. The molecule has 0 atom stereocenters. The number of rotatable bonds is 5. The Labute approximate surface area is 147 Å². The largest absolute Gasteiger partial charge is 0.378 e. The summed E-state index contributed by atoms with van der Waals surface area (Å²) < 4.78 is 21.4. The van der Waals surface area contributed by atoms with Crippen molar-refractivity contribution >= 4 is 5.91 Å². The number of ether oxygens (including phenoxy) is 1. The van der Waals surface area contributed by atoms with Gasteiger partial charge in [-0.25, -0.2) is 4.39 Å². The Bertz CT molecular complexity index is 728. The predicted molar refractivity (Wildman–Crippen MR) is 94.5 cm³/mol. The minimum absolute atomic E-state index is 0.0342. The summed E-state index contributed by atoms with van der Waals surface area (Å²) in [6.07, 6.45) is 3.53. The molecular weight excluding hydrogens is 321 g/mol. The van der Waals surface area contributed by atoms with Crippen molar-refractivity contribution < 1.29 is 13.9 Å². The van der Waals surface area contributed by atoms with Crippen molar-refractivity contribution in [1.82, 2.24) is 14.8 Å². The number of hydrogen-bond acceptors (Lipinski definition) is 3. The molecular formula is C19H24FN3O2. The van der Waals surface area contributed by atoms with Crippen molar-refractivity contribution in [1.29, 1.82) is 0 Å². The van der Waals surface area contributed by atoms with Crippen LogP contribution in [0.2, 0.25) is 0 Å². The lowest BCUT2D eigenvalue weighted by atomic mass is 10.0. The molecule has 0 saturated carbocycles. The summed E-state index contributed by atoms with van der Waals surface area (Å²) >= 11 is 0. The standard InChI is InChI=1S/C19H24FN3O2/c1-19(2)14-25-12-11-23(19)10-7-21-18(24)15-5-6-17(16(20)13-15)22-8-3-4-9-22/h3-6,8-9,13H,7,10-12,14H2,1-2H3,(H,21,24). The lowest BCUT2D eigenvalue weighted by Gasteiger charge is -2.42. The van der Waals surface area contributed by atoms with E-state index in [1.807, 2.05) is 12.1 Å². The quantitative estimate of drug-likeness (QED) is 0.905. The zero-order valence-electron chi connectivity index (χ0n) is 14.7. The third-order valence-electron chi connectivity index (χ3n) is 4.58. The first-order valence-electron chi connectivity index (χ1n) is 8.51. The molecule has 5 nitrogen and oxygen atoms in total. The maximum Gasteiger partial charge on any atom is 0.251 e. The SMILES string of the molecule is CC1(C)COCCN1CCNC(=O)c1ccc(-n2cccc2)c(F)c1. The lowest BCUT2D eigenvalue weighted by Crippen LogP contribution is -2.54. The maximum atomic E-state index is 14.3. The molecule has 0 unspecified atom stereocenters. The molecule has 1 aromatic carbocycles. The van der Waals surface area contributed by atoms with E-state index in [9.17, 15) is 9.18 Å². The van der Waals surface area contributed by atoms with Gasteiger partial charge >= 0.3 is 0 Å². The van der Waals surface area contributed by atoms with Gasteiger partial charge in [-0.05, 0) is 44.2 Å². The first-order valence-corrected chi connectivity index (χ1v) is 8.51. The van der Waals surface area contributed by atoms with Gasteiger partial charge in [-0.3, -0.25) is 9.69 Å². The smallest absolute Gasteiger partial charge is 0.251 e. The van der Waals surface area contributed by atoms with Gasteiger partial charge in [-0.1, -0.05) is 0 Å². The molecule has 25 heavy (non-hydrogen) atoms. The van der Waals surface area contributed by atoms with Crippen LogP contribution < -0.4 is 5.32 Å². The van der Waals surface area contributed by atoms with Crippen LogP contribution in [0.5, 0.6) is 0 Å². The number of halogens is 1. The molecule has 0 radical (unpaired) electrons. The molecule has 1 aliphatic rings. The second-order valence-electron chi connectivity index (χ2n) is 6.86. The summed E-state index contributed by atoms with van der Waals surface area (Å²) in [5, 5.41) is 2.87. The minimum atomic E-state index is -0.418. The van der Waals surface area contributed by atoms with Crippen LogP contribution in [-0.4, -0.2) is 53.8 Å². The van der Waals surface area contributed by atoms with Gasteiger partial charge in [0.1, 0.15) is 5.82 Å². The van der Waals surface area contributed by atoms with E-state index in [1.165, 1.54) is 6.07 Å². The van der Waals surface area contributed by atoms with Crippen molar-refractivity contribution in [2.45, 2.75) is 19.4 Å². The fourth-order valence-electron chi connectivity index (χ4n) is 3.06. The average Bonchev–Trinajstić information content (AvgIpc) is 3.10. The highest BCUT2D eigenvalue weighted by Gasteiger charge is 2.29. The van der Waals surface area contributed by atoms with E-state index in [2.05, 4.69) is 24.1 Å². The Morgan fingerprint density at radius 3 is 2.76 bits per heavy atom. The van der Waals surface area contributed by atoms with Crippen molar-refractivity contribution in [3.05, 3.63) is 54.1 Å². The molecule has 134 valence electrons. The zero-order chi connectivity index (χ0) is 17.9. The Morgan fingerprint density at radius 2 is 2.08 bits per heavy atom. The number of morpholine rings is 1. The van der Waals surface area contributed by atoms with Crippen LogP contribution in [0.3, 0.4) is 0 Å². The Hall–Kier alpha value is -2.18. The van der Waals surface area contributed by atoms with E-state index >= 15 is 0 Å². The third-order valence-corrected chi connectivity index (χ3v) is 4.58. The first-order chi connectivity index (χ1) is 12.0. The van der Waals surface area contributed by atoms with E-state index in [0.29, 0.717) is 31.0 Å². The van der Waals surface area contributed by atoms with E-state index in [4.69, 9.17) is 4.74 Å². The number of nitrogens with one attached hydrogen (secondary N) is 1. The number of carbonyl (C=O) groups excluding carboxylic acids is 1. The van der Waals surface area contributed by atoms with Crippen LogP contribution in [0.15, 0.2) is 42.7 Å². The van der Waals surface area contributed by atoms with E-state index < -0.39 is 5.82 Å². The molecule has 2 heterocycles. The number of benzene rings is 1. The van der Waals surface area contributed by atoms with Crippen LogP contribution in [-0.2, 0) is 4.74 Å². The highest BCUT2D eigenvalue weighted by molar-refractivity contribution is 5.94. The topological polar surface area (TPSA) is 46.5 Å². The van der Waals surface area contributed by atoms with Gasteiger partial charge < -0.3 is 14.6 Å². The second kappa shape index (κ2) is 7.37. The molecule has 0 bridgehead atoms. The number of aromatic nitrogens is 1. The molecule has 1 N–H and O–H groups in total. The Morgan fingerprint density at radius 1 is 1.32 bits per heavy atom. The summed E-state index contributed by atoms with van der Waals surface area (Å²) in [5.74, 6) is -0.679. The van der Waals surface area contributed by atoms with Gasteiger partial charge in [-0.2, -0.15) is 0 Å². The summed E-state index contributed by atoms with van der Waals surface area (Å²) in [5.41, 5.74) is 0.722. The highest BCUT2D eigenvalue weighted by atomic mass is 19.1. The third kappa shape index (κ3) is 4.08. The number of nitrogens with zero attached hydrogens (tertiary/aromatic N) is 2. The normalized spacial score (nSPS) is 17.4. The van der Waals surface area contributed by atoms with Crippen LogP contribution in [0.4, 0.5) is 4.39 Å². The van der Waals surface area contributed by atoms with Gasteiger partial charge in [0.25, 0.3) is 5.91 Å². The molecule has 1 aliphatic heterocycles. The average molecular weight is 345 g/mol. The summed E-state index contributed by atoms with van der Waals surface area (Å²) in [4.78, 5) is 14.6. The van der Waals surface area contributed by atoms with Crippen LogP contribution in [0, 0.1) is 5.82 Å². The van der Waals surface area contributed by atoms with Gasteiger partial charge in [-0.15, -0.1) is 0 Å². The molecule has 0 aliphatic carbocycles. The van der Waals surface area contributed by atoms with Gasteiger partial charge in [0.2, 0.25) is 0 Å². The van der Waals surface area contributed by atoms with Crippen LogP contribution >= 0.6 is 0 Å². The molecule has 0 spiro atoms. The predicted octanol–water partition coefficient (Wildman–Crippen LogP) is 2.46. The molecule has 1 aromatic heterocycles. The van der Waals surface area contributed by atoms with Crippen molar-refractivity contribution in [3.8, 4) is 5.69 Å². The maximum absolute atomic E-state index is 14.3. The summed E-state index contributed by atoms with van der Waals surface area (Å²) in [6, 6.07) is 8.20. The molecule has 1 amide bonds.